The van der Waals surface area contributed by atoms with Gasteiger partial charge in [0.2, 0.25) is 0 Å². The molecule has 0 saturated carbocycles. The number of pyridine rings is 1. The second-order valence-electron chi connectivity index (χ2n) is 3.74. The van der Waals surface area contributed by atoms with Crippen LogP contribution in [0.2, 0.25) is 0 Å². The lowest BCUT2D eigenvalue weighted by Gasteiger charge is -2.02. The fraction of sp³-hybridized carbons (Fsp3) is 0. The van der Waals surface area contributed by atoms with Crippen LogP contribution in [0, 0.1) is 0 Å². The molecule has 0 atom stereocenters. The van der Waals surface area contributed by atoms with Gasteiger partial charge in [-0.1, -0.05) is 22.0 Å². The summed E-state index contributed by atoms with van der Waals surface area (Å²) in [5.74, 6) is -0.315. The van der Waals surface area contributed by atoms with E-state index in [9.17, 15) is 9.90 Å². The molecular formula is C13H9Br2N3O2. The molecule has 0 aliphatic heterocycles. The van der Waals surface area contributed by atoms with Gasteiger partial charge in [-0.25, -0.2) is 5.43 Å². The minimum absolute atomic E-state index is 0.0886. The minimum atomic E-state index is -0.403. The van der Waals surface area contributed by atoms with Crippen LogP contribution in [-0.2, 0) is 0 Å². The number of phenolic OH excluding ortho intramolecular Hbond substituents is 1. The number of hydrogen-bond acceptors (Lipinski definition) is 4. The van der Waals surface area contributed by atoms with Crippen LogP contribution in [-0.4, -0.2) is 22.2 Å². The van der Waals surface area contributed by atoms with Gasteiger partial charge >= 0.3 is 0 Å². The maximum Gasteiger partial charge on any atom is 0.289 e. The maximum absolute atomic E-state index is 11.7. The van der Waals surface area contributed by atoms with Gasteiger partial charge in [-0.3, -0.25) is 9.78 Å². The van der Waals surface area contributed by atoms with Crippen LogP contribution in [0.1, 0.15) is 16.1 Å². The summed E-state index contributed by atoms with van der Waals surface area (Å²) in [5.41, 5.74) is 3.27. The third kappa shape index (κ3) is 3.64. The van der Waals surface area contributed by atoms with Crippen molar-refractivity contribution in [2.24, 2.45) is 5.10 Å². The molecule has 0 aliphatic rings. The van der Waals surface area contributed by atoms with Gasteiger partial charge in [0.1, 0.15) is 11.4 Å². The Morgan fingerprint density at radius 3 is 2.80 bits per heavy atom. The second kappa shape index (κ2) is 6.62. The van der Waals surface area contributed by atoms with E-state index in [1.54, 1.807) is 24.3 Å². The number of hydrogen-bond donors (Lipinski definition) is 2. The van der Waals surface area contributed by atoms with Crippen molar-refractivity contribution in [2.75, 3.05) is 0 Å². The molecular weight excluding hydrogens is 390 g/mol. The number of carbonyl (C=O) groups excluding carboxylic acids is 1. The Morgan fingerprint density at radius 1 is 1.30 bits per heavy atom. The number of aromatic nitrogens is 1. The molecule has 0 bridgehead atoms. The van der Waals surface area contributed by atoms with Crippen molar-refractivity contribution in [3.63, 3.8) is 0 Å². The summed E-state index contributed by atoms with van der Waals surface area (Å²) < 4.78 is 1.30. The first-order valence-corrected chi connectivity index (χ1v) is 7.09. The third-order valence-corrected chi connectivity index (χ3v) is 3.66. The molecule has 0 fully saturated rings. The number of carbonyl (C=O) groups is 1. The van der Waals surface area contributed by atoms with Gasteiger partial charge in [0.15, 0.2) is 0 Å². The number of nitrogens with zero attached hydrogens (tertiary/aromatic N) is 2. The lowest BCUT2D eigenvalue weighted by Crippen LogP contribution is -2.18. The van der Waals surface area contributed by atoms with E-state index in [4.69, 9.17) is 0 Å². The lowest BCUT2D eigenvalue weighted by atomic mass is 10.2. The first-order valence-electron chi connectivity index (χ1n) is 5.50. The Kier molecular flexibility index (Phi) is 4.86. The number of rotatable bonds is 3. The molecule has 2 aromatic rings. The molecule has 1 amide bonds. The van der Waals surface area contributed by atoms with Gasteiger partial charge < -0.3 is 5.11 Å². The summed E-state index contributed by atoms with van der Waals surface area (Å²) in [4.78, 5) is 15.6. The molecule has 20 heavy (non-hydrogen) atoms. The Labute approximate surface area is 132 Å². The van der Waals surface area contributed by atoms with Crippen molar-refractivity contribution in [2.45, 2.75) is 0 Å². The molecule has 1 aromatic carbocycles. The monoisotopic (exact) mass is 397 g/mol. The summed E-state index contributed by atoms with van der Waals surface area (Å²) in [6, 6.07) is 8.24. The van der Waals surface area contributed by atoms with Crippen molar-refractivity contribution in [1.29, 1.82) is 0 Å². The van der Waals surface area contributed by atoms with Gasteiger partial charge in [-0.05, 0) is 40.2 Å². The zero-order valence-corrected chi connectivity index (χ0v) is 13.2. The number of amides is 1. The summed E-state index contributed by atoms with van der Waals surface area (Å²) in [6.45, 7) is 0. The van der Waals surface area contributed by atoms with E-state index >= 15 is 0 Å². The fourth-order valence-corrected chi connectivity index (χ4v) is 2.46. The molecule has 102 valence electrons. The van der Waals surface area contributed by atoms with Crippen LogP contribution < -0.4 is 5.43 Å². The Balaban J connectivity index is 2.08. The second-order valence-corrected chi connectivity index (χ2v) is 5.45. The van der Waals surface area contributed by atoms with E-state index < -0.39 is 5.91 Å². The number of halogens is 2. The van der Waals surface area contributed by atoms with Crippen LogP contribution >= 0.6 is 31.9 Å². The number of hydrazone groups is 1. The Hall–Kier alpha value is -1.73. The average molecular weight is 399 g/mol. The molecule has 1 aromatic heterocycles. The molecule has 0 radical (unpaired) electrons. The summed E-state index contributed by atoms with van der Waals surface area (Å²) in [6.07, 6.45) is 2.96. The van der Waals surface area contributed by atoms with Crippen LogP contribution in [0.15, 0.2) is 50.6 Å². The normalized spacial score (nSPS) is 10.7. The molecule has 0 spiro atoms. The Bertz CT molecular complexity index is 660. The van der Waals surface area contributed by atoms with Crippen LogP contribution in [0.25, 0.3) is 0 Å². The topological polar surface area (TPSA) is 74.6 Å². The highest BCUT2D eigenvalue weighted by atomic mass is 79.9. The average Bonchev–Trinajstić information content (AvgIpc) is 2.45. The highest BCUT2D eigenvalue weighted by Gasteiger charge is 2.05. The summed E-state index contributed by atoms with van der Waals surface area (Å²) in [5, 5.41) is 13.4. The molecule has 2 rings (SSSR count). The molecule has 5 nitrogen and oxygen atoms in total. The van der Waals surface area contributed by atoms with E-state index in [1.165, 1.54) is 18.5 Å². The molecule has 0 saturated heterocycles. The van der Waals surface area contributed by atoms with Crippen LogP contribution in [0.4, 0.5) is 0 Å². The van der Waals surface area contributed by atoms with Gasteiger partial charge in [0.25, 0.3) is 5.91 Å². The number of aromatic hydroxyl groups is 1. The Morgan fingerprint density at radius 2 is 2.10 bits per heavy atom. The first-order chi connectivity index (χ1) is 9.58. The zero-order valence-electron chi connectivity index (χ0n) is 10.0. The van der Waals surface area contributed by atoms with Crippen LogP contribution in [0.5, 0.6) is 5.75 Å². The largest absolute Gasteiger partial charge is 0.507 e. The molecule has 0 aliphatic carbocycles. The summed E-state index contributed by atoms with van der Waals surface area (Å²) in [7, 11) is 0. The van der Waals surface area contributed by atoms with Gasteiger partial charge in [-0.15, -0.1) is 0 Å². The quantitative estimate of drug-likeness (QED) is 0.616. The number of phenols is 1. The summed E-state index contributed by atoms with van der Waals surface area (Å²) >= 11 is 6.54. The van der Waals surface area contributed by atoms with E-state index in [2.05, 4.69) is 47.4 Å². The van der Waals surface area contributed by atoms with Crippen molar-refractivity contribution >= 4 is 44.0 Å². The predicted octanol–water partition coefficient (Wildman–Crippen LogP) is 3.08. The van der Waals surface area contributed by atoms with Crippen molar-refractivity contribution in [3.05, 3.63) is 56.7 Å². The zero-order chi connectivity index (χ0) is 14.5. The SMILES string of the molecule is O=C(N/N=C\c1cc(O)c(Br)cc1Br)c1ccccn1. The van der Waals surface area contributed by atoms with Gasteiger partial charge in [0.05, 0.1) is 10.7 Å². The van der Waals surface area contributed by atoms with Crippen molar-refractivity contribution < 1.29 is 9.90 Å². The predicted molar refractivity (Wildman–Crippen MR) is 82.8 cm³/mol. The number of nitrogens with one attached hydrogen (secondary N) is 1. The smallest absolute Gasteiger partial charge is 0.289 e. The molecule has 0 unspecified atom stereocenters. The van der Waals surface area contributed by atoms with Crippen molar-refractivity contribution in [3.8, 4) is 5.75 Å². The minimum Gasteiger partial charge on any atom is -0.507 e. The first kappa shape index (κ1) is 14.7. The molecule has 1 heterocycles. The van der Waals surface area contributed by atoms with Crippen molar-refractivity contribution in [1.82, 2.24) is 10.4 Å². The number of benzene rings is 1. The third-order valence-electron chi connectivity index (χ3n) is 2.33. The van der Waals surface area contributed by atoms with Gasteiger partial charge in [0, 0.05) is 16.2 Å². The van der Waals surface area contributed by atoms with Gasteiger partial charge in [-0.2, -0.15) is 5.10 Å². The molecule has 7 heteroatoms. The highest BCUT2D eigenvalue weighted by molar-refractivity contribution is 9.11. The highest BCUT2D eigenvalue weighted by Crippen LogP contribution is 2.29. The van der Waals surface area contributed by atoms with E-state index in [-0.39, 0.29) is 11.4 Å². The lowest BCUT2D eigenvalue weighted by molar-refractivity contribution is 0.0950. The van der Waals surface area contributed by atoms with E-state index in [1.807, 2.05) is 0 Å². The van der Waals surface area contributed by atoms with E-state index in [0.29, 0.717) is 10.0 Å². The van der Waals surface area contributed by atoms with Crippen LogP contribution in [0.3, 0.4) is 0 Å². The maximum atomic E-state index is 11.7. The fourth-order valence-electron chi connectivity index (χ4n) is 1.37. The van der Waals surface area contributed by atoms with E-state index in [0.717, 1.165) is 4.47 Å². The molecule has 2 N–H and O–H groups in total. The standard InChI is InChI=1S/C13H9Br2N3O2/c14-9-6-10(15)12(19)5-8(9)7-17-18-13(20)11-3-1-2-4-16-11/h1-7,19H,(H,18,20)/b17-7-.